The van der Waals surface area contributed by atoms with E-state index in [-0.39, 0.29) is 28.8 Å². The molecule has 242 valence electrons. The zero-order valence-electron chi connectivity index (χ0n) is 27.9. The monoisotopic (exact) mass is 628 g/mol. The second-order valence-electron chi connectivity index (χ2n) is 14.0. The molecule has 0 radical (unpaired) electrons. The van der Waals surface area contributed by atoms with Gasteiger partial charge in [0.05, 0.1) is 12.6 Å². The van der Waals surface area contributed by atoms with Crippen LogP contribution in [0.2, 0.25) is 18.1 Å². The summed E-state index contributed by atoms with van der Waals surface area (Å²) in [6, 6.07) is 28.3. The first kappa shape index (κ1) is 34.5. The van der Waals surface area contributed by atoms with Crippen LogP contribution in [0.15, 0.2) is 84.9 Å². The molecule has 6 nitrogen and oxygen atoms in total. The van der Waals surface area contributed by atoms with Crippen LogP contribution in [0.25, 0.3) is 0 Å². The molecule has 4 rings (SSSR count). The Kier molecular flexibility index (Phi) is 12.4. The lowest BCUT2D eigenvalue weighted by Crippen LogP contribution is -2.47. The molecule has 1 aliphatic rings. The molecule has 0 spiro atoms. The molecule has 2 amide bonds. The van der Waals surface area contributed by atoms with Gasteiger partial charge >= 0.3 is 0 Å². The van der Waals surface area contributed by atoms with Crippen molar-refractivity contribution in [2.24, 2.45) is 5.92 Å². The molecule has 1 heterocycles. The van der Waals surface area contributed by atoms with E-state index in [0.717, 1.165) is 49.2 Å². The fraction of sp³-hybridized carbons (Fsp3) is 0.474. The molecule has 45 heavy (non-hydrogen) atoms. The number of rotatable bonds is 14. The summed E-state index contributed by atoms with van der Waals surface area (Å²) in [7, 11) is -1.99. The second-order valence-corrected chi connectivity index (χ2v) is 18.8. The van der Waals surface area contributed by atoms with Crippen molar-refractivity contribution in [3.63, 3.8) is 0 Å². The van der Waals surface area contributed by atoms with Crippen LogP contribution in [0.1, 0.15) is 63.1 Å². The summed E-state index contributed by atoms with van der Waals surface area (Å²) in [5.41, 5.74) is 3.46. The minimum absolute atomic E-state index is 0.0653. The molecular weight excluding hydrogens is 577 g/mol. The van der Waals surface area contributed by atoms with E-state index < -0.39 is 8.32 Å². The predicted octanol–water partition coefficient (Wildman–Crippen LogP) is 7.58. The number of amides is 2. The summed E-state index contributed by atoms with van der Waals surface area (Å²) < 4.78 is 12.6. The Hall–Kier alpha value is -3.42. The van der Waals surface area contributed by atoms with Crippen molar-refractivity contribution in [2.45, 2.75) is 90.1 Å². The number of piperidine rings is 1. The minimum atomic E-state index is -1.99. The molecule has 3 aromatic carbocycles. The third kappa shape index (κ3) is 11.2. The van der Waals surface area contributed by atoms with E-state index >= 15 is 0 Å². The van der Waals surface area contributed by atoms with Crippen LogP contribution in [-0.2, 0) is 33.5 Å². The number of nitrogens with zero attached hydrogens (tertiary/aromatic N) is 1. The number of ether oxygens (including phenoxy) is 1. The Balaban J connectivity index is 1.28. The molecule has 1 aliphatic heterocycles. The maximum absolute atomic E-state index is 13.3. The van der Waals surface area contributed by atoms with E-state index in [1.54, 1.807) is 0 Å². The fourth-order valence-electron chi connectivity index (χ4n) is 5.41. The van der Waals surface area contributed by atoms with Crippen molar-refractivity contribution in [2.75, 3.05) is 19.7 Å². The Morgan fingerprint density at radius 2 is 1.47 bits per heavy atom. The molecule has 0 bridgehead atoms. The quantitative estimate of drug-likeness (QED) is 0.187. The minimum Gasteiger partial charge on any atom is -0.489 e. The van der Waals surface area contributed by atoms with Crippen LogP contribution in [0.4, 0.5) is 0 Å². The highest BCUT2D eigenvalue weighted by Gasteiger charge is 2.37. The number of carbonyl (C=O) groups excluding carboxylic acids is 2. The van der Waals surface area contributed by atoms with Gasteiger partial charge in [0, 0.05) is 25.9 Å². The van der Waals surface area contributed by atoms with Gasteiger partial charge < -0.3 is 19.4 Å². The Labute approximate surface area is 271 Å². The van der Waals surface area contributed by atoms with Crippen molar-refractivity contribution < 1.29 is 18.8 Å². The molecule has 1 N–H and O–H groups in total. The Morgan fingerprint density at radius 3 is 2.07 bits per heavy atom. The summed E-state index contributed by atoms with van der Waals surface area (Å²) >= 11 is 0. The SMILES string of the molecule is CC(C)(C)[Si](C)(C)OC[C@H](Cc1ccc(OCc2ccccc2)cc1)NC(=O)CC1CCN(C(=O)CCc2ccccc2)CC1. The van der Waals surface area contributed by atoms with Crippen LogP contribution in [0.5, 0.6) is 5.75 Å². The van der Waals surface area contributed by atoms with E-state index in [4.69, 9.17) is 9.16 Å². The Bertz CT molecular complexity index is 1330. The average Bonchev–Trinajstić information content (AvgIpc) is 3.03. The van der Waals surface area contributed by atoms with E-state index in [2.05, 4.69) is 75.6 Å². The third-order valence-corrected chi connectivity index (χ3v) is 13.9. The molecule has 0 aromatic heterocycles. The van der Waals surface area contributed by atoms with Gasteiger partial charge in [-0.05, 0) is 78.6 Å². The summed E-state index contributed by atoms with van der Waals surface area (Å²) in [4.78, 5) is 28.1. The van der Waals surface area contributed by atoms with Crippen LogP contribution in [-0.4, -0.2) is 50.8 Å². The first-order chi connectivity index (χ1) is 21.5. The van der Waals surface area contributed by atoms with Crippen LogP contribution < -0.4 is 10.1 Å². The molecule has 1 fully saturated rings. The fourth-order valence-corrected chi connectivity index (χ4v) is 6.46. The maximum atomic E-state index is 13.3. The molecule has 7 heteroatoms. The number of aryl methyl sites for hydroxylation is 1. The van der Waals surface area contributed by atoms with Gasteiger partial charge in [-0.25, -0.2) is 0 Å². The van der Waals surface area contributed by atoms with Crippen LogP contribution in [0, 0.1) is 5.92 Å². The zero-order chi connectivity index (χ0) is 32.3. The highest BCUT2D eigenvalue weighted by atomic mass is 28.4. The van der Waals surface area contributed by atoms with Gasteiger partial charge in [-0.2, -0.15) is 0 Å². The standard InChI is InChI=1S/C38H52N2O4Si/c1-38(2,3)45(4,5)44-29-34(26-31-16-19-35(20-17-31)43-28-33-14-10-7-11-15-33)39-36(41)27-32-22-24-40(25-23-32)37(42)21-18-30-12-8-6-9-13-30/h6-17,19-20,32,34H,18,21-29H2,1-5H3,(H,39,41)/t34-/m0/s1. The van der Waals surface area contributed by atoms with Crippen molar-refractivity contribution >= 4 is 20.1 Å². The number of nitrogens with one attached hydrogen (secondary N) is 1. The molecule has 3 aromatic rings. The number of hydrogen-bond donors (Lipinski definition) is 1. The summed E-state index contributed by atoms with van der Waals surface area (Å²) in [5, 5.41) is 3.41. The molecule has 1 saturated heterocycles. The lowest BCUT2D eigenvalue weighted by Gasteiger charge is -2.37. The van der Waals surface area contributed by atoms with Crippen molar-refractivity contribution in [1.82, 2.24) is 10.2 Å². The third-order valence-electron chi connectivity index (χ3n) is 9.38. The lowest BCUT2D eigenvalue weighted by molar-refractivity contribution is -0.132. The van der Waals surface area contributed by atoms with Gasteiger partial charge in [-0.15, -0.1) is 0 Å². The smallest absolute Gasteiger partial charge is 0.222 e. The van der Waals surface area contributed by atoms with Gasteiger partial charge in [-0.1, -0.05) is 93.6 Å². The van der Waals surface area contributed by atoms with E-state index in [1.165, 1.54) is 5.56 Å². The van der Waals surface area contributed by atoms with Crippen LogP contribution in [0.3, 0.4) is 0 Å². The normalized spacial score (nSPS) is 15.0. The van der Waals surface area contributed by atoms with E-state index in [9.17, 15) is 9.59 Å². The van der Waals surface area contributed by atoms with Crippen molar-refractivity contribution in [1.29, 1.82) is 0 Å². The average molecular weight is 629 g/mol. The van der Waals surface area contributed by atoms with Crippen molar-refractivity contribution in [3.8, 4) is 5.75 Å². The Morgan fingerprint density at radius 1 is 0.867 bits per heavy atom. The van der Waals surface area contributed by atoms with E-state index in [1.807, 2.05) is 53.4 Å². The lowest BCUT2D eigenvalue weighted by atomic mass is 9.92. The molecule has 0 unspecified atom stereocenters. The topological polar surface area (TPSA) is 67.9 Å². The maximum Gasteiger partial charge on any atom is 0.222 e. The highest BCUT2D eigenvalue weighted by Crippen LogP contribution is 2.36. The number of benzene rings is 3. The molecule has 1 atom stereocenters. The number of hydrogen-bond acceptors (Lipinski definition) is 4. The van der Waals surface area contributed by atoms with Gasteiger partial charge in [0.2, 0.25) is 11.8 Å². The number of carbonyl (C=O) groups is 2. The zero-order valence-corrected chi connectivity index (χ0v) is 28.9. The van der Waals surface area contributed by atoms with Gasteiger partial charge in [0.1, 0.15) is 12.4 Å². The summed E-state index contributed by atoms with van der Waals surface area (Å²) in [6.07, 6.45) is 4.19. The van der Waals surface area contributed by atoms with Gasteiger partial charge in [0.15, 0.2) is 8.32 Å². The van der Waals surface area contributed by atoms with E-state index in [0.29, 0.717) is 32.5 Å². The highest BCUT2D eigenvalue weighted by molar-refractivity contribution is 6.74. The number of likely N-dealkylation sites (tertiary alicyclic amines) is 1. The largest absolute Gasteiger partial charge is 0.489 e. The van der Waals surface area contributed by atoms with Crippen LogP contribution >= 0.6 is 0 Å². The molecular formula is C38H52N2O4Si. The summed E-state index contributed by atoms with van der Waals surface area (Å²) in [5.74, 6) is 1.38. The summed E-state index contributed by atoms with van der Waals surface area (Å²) in [6.45, 7) is 13.7. The van der Waals surface area contributed by atoms with Crippen molar-refractivity contribution in [3.05, 3.63) is 102 Å². The predicted molar refractivity (Wildman–Crippen MR) is 185 cm³/mol. The molecule has 0 aliphatic carbocycles. The second kappa shape index (κ2) is 16.2. The molecule has 0 saturated carbocycles. The first-order valence-corrected chi connectivity index (χ1v) is 19.4. The van der Waals surface area contributed by atoms with Gasteiger partial charge in [-0.3, -0.25) is 9.59 Å². The van der Waals surface area contributed by atoms with Gasteiger partial charge in [0.25, 0.3) is 0 Å². The first-order valence-electron chi connectivity index (χ1n) is 16.5.